The van der Waals surface area contributed by atoms with Crippen molar-refractivity contribution in [2.75, 3.05) is 7.11 Å². The lowest BCUT2D eigenvalue weighted by atomic mass is 10.3. The number of aromatic nitrogens is 2. The molecule has 0 aliphatic heterocycles. The SMILES string of the molecule is COC(=O)c1[nH]c(=O)n(-c2ccccc2)c1C. The Morgan fingerprint density at radius 2 is 1.94 bits per heavy atom. The largest absolute Gasteiger partial charge is 0.464 e. The molecule has 1 N–H and O–H groups in total. The summed E-state index contributed by atoms with van der Waals surface area (Å²) >= 11 is 0. The molecule has 0 unspecified atom stereocenters. The number of hydrogen-bond acceptors (Lipinski definition) is 3. The van der Waals surface area contributed by atoms with Crippen LogP contribution < -0.4 is 5.69 Å². The molecule has 1 aromatic heterocycles. The van der Waals surface area contributed by atoms with Gasteiger partial charge in [-0.05, 0) is 19.1 Å². The van der Waals surface area contributed by atoms with Gasteiger partial charge in [0, 0.05) is 0 Å². The second kappa shape index (κ2) is 4.29. The fourth-order valence-corrected chi connectivity index (χ4v) is 1.71. The van der Waals surface area contributed by atoms with Gasteiger partial charge in [0.1, 0.15) is 5.69 Å². The van der Waals surface area contributed by atoms with Gasteiger partial charge in [0.15, 0.2) is 0 Å². The molecular formula is C12H12N2O3. The summed E-state index contributed by atoms with van der Waals surface area (Å²) in [6.07, 6.45) is 0. The topological polar surface area (TPSA) is 64.1 Å². The second-order valence-electron chi connectivity index (χ2n) is 3.55. The Bertz CT molecular complexity index is 596. The molecule has 2 aromatic rings. The van der Waals surface area contributed by atoms with Gasteiger partial charge in [-0.25, -0.2) is 9.59 Å². The van der Waals surface area contributed by atoms with Crippen LogP contribution in [0.25, 0.3) is 5.69 Å². The Kier molecular flexibility index (Phi) is 2.82. The molecule has 0 aliphatic carbocycles. The lowest BCUT2D eigenvalue weighted by Crippen LogP contribution is -2.15. The number of hydrogen-bond donors (Lipinski definition) is 1. The van der Waals surface area contributed by atoms with E-state index in [1.54, 1.807) is 19.1 Å². The molecule has 0 saturated carbocycles. The summed E-state index contributed by atoms with van der Waals surface area (Å²) in [4.78, 5) is 25.7. The minimum Gasteiger partial charge on any atom is -0.464 e. The smallest absolute Gasteiger partial charge is 0.356 e. The summed E-state index contributed by atoms with van der Waals surface area (Å²) in [6, 6.07) is 9.10. The quantitative estimate of drug-likeness (QED) is 0.793. The van der Waals surface area contributed by atoms with E-state index in [-0.39, 0.29) is 11.4 Å². The van der Waals surface area contributed by atoms with E-state index in [0.717, 1.165) is 0 Å². The Morgan fingerprint density at radius 1 is 1.29 bits per heavy atom. The number of rotatable bonds is 2. The summed E-state index contributed by atoms with van der Waals surface area (Å²) in [5, 5.41) is 0. The Hall–Kier alpha value is -2.30. The van der Waals surface area contributed by atoms with E-state index in [2.05, 4.69) is 9.72 Å². The number of nitrogens with zero attached hydrogens (tertiary/aromatic N) is 1. The standard InChI is InChI=1S/C12H12N2O3/c1-8-10(11(15)17-2)13-12(16)14(8)9-6-4-3-5-7-9/h3-7H,1-2H3,(H,13,16). The van der Waals surface area contributed by atoms with Gasteiger partial charge in [-0.2, -0.15) is 0 Å². The number of aromatic amines is 1. The monoisotopic (exact) mass is 232 g/mol. The van der Waals surface area contributed by atoms with Gasteiger partial charge in [-0.15, -0.1) is 0 Å². The number of imidazole rings is 1. The molecule has 88 valence electrons. The number of ether oxygens (including phenoxy) is 1. The molecule has 0 fully saturated rings. The van der Waals surface area contributed by atoms with Crippen LogP contribution in [0, 0.1) is 6.92 Å². The molecule has 0 spiro atoms. The summed E-state index contributed by atoms with van der Waals surface area (Å²) in [6.45, 7) is 1.69. The first-order valence-electron chi connectivity index (χ1n) is 5.10. The number of nitrogens with one attached hydrogen (secondary N) is 1. The van der Waals surface area contributed by atoms with Crippen LogP contribution in [-0.4, -0.2) is 22.6 Å². The van der Waals surface area contributed by atoms with E-state index in [1.807, 2.05) is 18.2 Å². The maximum absolute atomic E-state index is 11.8. The van der Waals surface area contributed by atoms with Gasteiger partial charge < -0.3 is 4.74 Å². The average Bonchev–Trinajstić information content (AvgIpc) is 2.65. The number of carbonyl (C=O) groups excluding carboxylic acids is 1. The minimum atomic E-state index is -0.547. The van der Waals surface area contributed by atoms with E-state index in [9.17, 15) is 9.59 Å². The molecule has 0 aliphatic rings. The highest BCUT2D eigenvalue weighted by molar-refractivity contribution is 5.88. The molecule has 1 heterocycles. The highest BCUT2D eigenvalue weighted by Gasteiger charge is 2.17. The van der Waals surface area contributed by atoms with Crippen LogP contribution >= 0.6 is 0 Å². The zero-order chi connectivity index (χ0) is 12.4. The fraction of sp³-hybridized carbons (Fsp3) is 0.167. The fourth-order valence-electron chi connectivity index (χ4n) is 1.71. The Balaban J connectivity index is 2.61. The molecule has 0 atom stereocenters. The van der Waals surface area contributed by atoms with Gasteiger partial charge in [0.2, 0.25) is 0 Å². The van der Waals surface area contributed by atoms with Crippen molar-refractivity contribution in [2.45, 2.75) is 6.92 Å². The van der Waals surface area contributed by atoms with E-state index in [0.29, 0.717) is 11.4 Å². The molecule has 5 nitrogen and oxygen atoms in total. The summed E-state index contributed by atoms with van der Waals surface area (Å²) < 4.78 is 6.04. The maximum Gasteiger partial charge on any atom is 0.356 e. The van der Waals surface area contributed by atoms with Crippen molar-refractivity contribution in [1.82, 2.24) is 9.55 Å². The number of H-pyrrole nitrogens is 1. The van der Waals surface area contributed by atoms with Crippen molar-refractivity contribution in [1.29, 1.82) is 0 Å². The predicted octanol–water partition coefficient (Wildman–Crippen LogP) is 1.26. The average molecular weight is 232 g/mol. The zero-order valence-electron chi connectivity index (χ0n) is 9.56. The third-order valence-corrected chi connectivity index (χ3v) is 2.54. The predicted molar refractivity (Wildman–Crippen MR) is 62.5 cm³/mol. The number of esters is 1. The number of para-hydroxylation sites is 1. The van der Waals surface area contributed by atoms with Crippen molar-refractivity contribution in [2.24, 2.45) is 0 Å². The molecule has 5 heteroatoms. The van der Waals surface area contributed by atoms with Gasteiger partial charge >= 0.3 is 11.7 Å². The normalized spacial score (nSPS) is 10.2. The van der Waals surface area contributed by atoms with E-state index in [1.165, 1.54) is 11.7 Å². The molecule has 17 heavy (non-hydrogen) atoms. The number of carbonyl (C=O) groups is 1. The third-order valence-electron chi connectivity index (χ3n) is 2.54. The summed E-state index contributed by atoms with van der Waals surface area (Å²) in [5.74, 6) is -0.547. The first-order chi connectivity index (χ1) is 8.15. The third kappa shape index (κ3) is 1.87. The van der Waals surface area contributed by atoms with Crippen LogP contribution in [0.4, 0.5) is 0 Å². The molecule has 0 radical (unpaired) electrons. The molecule has 1 aromatic carbocycles. The number of methoxy groups -OCH3 is 1. The summed E-state index contributed by atoms with van der Waals surface area (Å²) in [7, 11) is 1.28. The van der Waals surface area contributed by atoms with E-state index < -0.39 is 5.97 Å². The Labute approximate surface area is 97.7 Å². The van der Waals surface area contributed by atoms with Crippen molar-refractivity contribution in [3.8, 4) is 5.69 Å². The van der Waals surface area contributed by atoms with Crippen LogP contribution in [0.5, 0.6) is 0 Å². The molecular weight excluding hydrogens is 220 g/mol. The highest BCUT2D eigenvalue weighted by atomic mass is 16.5. The maximum atomic E-state index is 11.8. The van der Waals surface area contributed by atoms with Crippen LogP contribution in [-0.2, 0) is 4.74 Å². The van der Waals surface area contributed by atoms with Gasteiger partial charge in [-0.3, -0.25) is 9.55 Å². The number of benzene rings is 1. The second-order valence-corrected chi connectivity index (χ2v) is 3.55. The summed E-state index contributed by atoms with van der Waals surface area (Å²) in [5.41, 5.74) is 1.07. The van der Waals surface area contributed by atoms with Crippen molar-refractivity contribution in [3.63, 3.8) is 0 Å². The van der Waals surface area contributed by atoms with Crippen molar-refractivity contribution < 1.29 is 9.53 Å². The van der Waals surface area contributed by atoms with E-state index >= 15 is 0 Å². The van der Waals surface area contributed by atoms with Crippen LogP contribution in [0.15, 0.2) is 35.1 Å². The zero-order valence-corrected chi connectivity index (χ0v) is 9.56. The highest BCUT2D eigenvalue weighted by Crippen LogP contribution is 2.11. The molecule has 2 rings (SSSR count). The lowest BCUT2D eigenvalue weighted by Gasteiger charge is -2.03. The van der Waals surface area contributed by atoms with Gasteiger partial charge in [-0.1, -0.05) is 18.2 Å². The van der Waals surface area contributed by atoms with Gasteiger partial charge in [0.05, 0.1) is 18.5 Å². The van der Waals surface area contributed by atoms with Crippen molar-refractivity contribution in [3.05, 3.63) is 52.2 Å². The molecule has 0 saturated heterocycles. The molecule has 0 amide bonds. The first-order valence-corrected chi connectivity index (χ1v) is 5.10. The Morgan fingerprint density at radius 3 is 2.53 bits per heavy atom. The minimum absolute atomic E-state index is 0.182. The van der Waals surface area contributed by atoms with Crippen LogP contribution in [0.3, 0.4) is 0 Å². The van der Waals surface area contributed by atoms with Gasteiger partial charge in [0.25, 0.3) is 0 Å². The van der Waals surface area contributed by atoms with Crippen LogP contribution in [0.1, 0.15) is 16.2 Å². The first kappa shape index (κ1) is 11.2. The van der Waals surface area contributed by atoms with Crippen LogP contribution in [0.2, 0.25) is 0 Å². The van der Waals surface area contributed by atoms with Crippen molar-refractivity contribution >= 4 is 5.97 Å². The molecule has 0 bridgehead atoms. The lowest BCUT2D eigenvalue weighted by molar-refractivity contribution is 0.0593. The van der Waals surface area contributed by atoms with E-state index in [4.69, 9.17) is 0 Å².